The number of aryl methyl sites for hydroxylation is 2. The summed E-state index contributed by atoms with van der Waals surface area (Å²) in [5.41, 5.74) is 1.81. The molecule has 0 fully saturated rings. The number of urea groups is 1. The molecule has 3 rings (SSSR count). The van der Waals surface area contributed by atoms with Crippen molar-refractivity contribution in [3.8, 4) is 0 Å². The highest BCUT2D eigenvalue weighted by atomic mass is 16.4. The molecular weight excluding hydrogens is 312 g/mol. The largest absolute Gasteiger partial charge is 0.446 e. The van der Waals surface area contributed by atoms with Crippen LogP contribution in [0.4, 0.5) is 10.5 Å². The van der Waals surface area contributed by atoms with Crippen molar-refractivity contribution in [2.24, 2.45) is 0 Å². The van der Waals surface area contributed by atoms with Crippen LogP contribution in [-0.4, -0.2) is 29.4 Å². The smallest absolute Gasteiger partial charge is 0.319 e. The van der Waals surface area contributed by atoms with Gasteiger partial charge < -0.3 is 15.1 Å². The molecule has 8 heteroatoms. The van der Waals surface area contributed by atoms with Crippen molar-refractivity contribution in [3.05, 3.63) is 46.7 Å². The van der Waals surface area contributed by atoms with Crippen molar-refractivity contribution in [1.82, 2.24) is 15.6 Å². The standard InChI is InChI=1S/C16H16N4O4/c1-8-13(18-9(2)24-8)5-6-17-16(23)19-10-3-4-11-12(7-10)15(22)20-14(11)21/h3-4,7H,5-6H2,1-2H3,(H2,17,19,23)(H,20,21,22). The minimum Gasteiger partial charge on any atom is -0.446 e. The van der Waals surface area contributed by atoms with Gasteiger partial charge >= 0.3 is 6.03 Å². The Hall–Kier alpha value is -3.16. The van der Waals surface area contributed by atoms with Crippen molar-refractivity contribution in [1.29, 1.82) is 0 Å². The van der Waals surface area contributed by atoms with Gasteiger partial charge in [0, 0.05) is 25.6 Å². The molecular formula is C16H16N4O4. The van der Waals surface area contributed by atoms with Crippen molar-refractivity contribution in [3.63, 3.8) is 0 Å². The van der Waals surface area contributed by atoms with Crippen LogP contribution in [0, 0.1) is 13.8 Å². The second-order valence-corrected chi connectivity index (χ2v) is 5.41. The summed E-state index contributed by atoms with van der Waals surface area (Å²) >= 11 is 0. The van der Waals surface area contributed by atoms with E-state index in [2.05, 4.69) is 20.9 Å². The number of aromatic nitrogens is 1. The average molecular weight is 328 g/mol. The molecule has 124 valence electrons. The number of hydrogen-bond acceptors (Lipinski definition) is 5. The van der Waals surface area contributed by atoms with Crippen LogP contribution in [0.5, 0.6) is 0 Å². The molecule has 1 aliphatic rings. The first-order valence-electron chi connectivity index (χ1n) is 7.41. The van der Waals surface area contributed by atoms with Gasteiger partial charge in [-0.1, -0.05) is 0 Å². The summed E-state index contributed by atoms with van der Waals surface area (Å²) in [6.45, 7) is 3.99. The van der Waals surface area contributed by atoms with Crippen molar-refractivity contribution in [2.75, 3.05) is 11.9 Å². The quantitative estimate of drug-likeness (QED) is 0.737. The number of hydrogen-bond donors (Lipinski definition) is 3. The lowest BCUT2D eigenvalue weighted by atomic mass is 10.1. The maximum Gasteiger partial charge on any atom is 0.319 e. The zero-order valence-corrected chi connectivity index (χ0v) is 13.2. The van der Waals surface area contributed by atoms with Crippen LogP contribution in [-0.2, 0) is 6.42 Å². The van der Waals surface area contributed by atoms with Gasteiger partial charge in [0.2, 0.25) is 0 Å². The maximum atomic E-state index is 11.9. The summed E-state index contributed by atoms with van der Waals surface area (Å²) in [5.74, 6) is 0.446. The molecule has 3 N–H and O–H groups in total. The van der Waals surface area contributed by atoms with Crippen LogP contribution in [0.3, 0.4) is 0 Å². The highest BCUT2D eigenvalue weighted by Gasteiger charge is 2.26. The monoisotopic (exact) mass is 328 g/mol. The molecule has 24 heavy (non-hydrogen) atoms. The number of oxazole rings is 1. The third-order valence-electron chi connectivity index (χ3n) is 3.64. The Morgan fingerprint density at radius 2 is 1.96 bits per heavy atom. The lowest BCUT2D eigenvalue weighted by Gasteiger charge is -2.08. The lowest BCUT2D eigenvalue weighted by molar-refractivity contribution is 0.0879. The molecule has 0 atom stereocenters. The number of nitrogens with one attached hydrogen (secondary N) is 3. The molecule has 2 aromatic rings. The summed E-state index contributed by atoms with van der Waals surface area (Å²) in [6, 6.07) is 4.15. The molecule has 8 nitrogen and oxygen atoms in total. The topological polar surface area (TPSA) is 113 Å². The summed E-state index contributed by atoms with van der Waals surface area (Å²) in [5, 5.41) is 7.53. The van der Waals surface area contributed by atoms with Gasteiger partial charge in [-0.3, -0.25) is 14.9 Å². The van der Waals surface area contributed by atoms with Crippen LogP contribution in [0.2, 0.25) is 0 Å². The van der Waals surface area contributed by atoms with Gasteiger partial charge in [0.1, 0.15) is 5.76 Å². The van der Waals surface area contributed by atoms with Gasteiger partial charge in [-0.15, -0.1) is 0 Å². The third kappa shape index (κ3) is 3.12. The van der Waals surface area contributed by atoms with Gasteiger partial charge in [-0.25, -0.2) is 9.78 Å². The number of amides is 4. The zero-order chi connectivity index (χ0) is 17.3. The Morgan fingerprint density at radius 1 is 1.21 bits per heavy atom. The second-order valence-electron chi connectivity index (χ2n) is 5.41. The van der Waals surface area contributed by atoms with E-state index < -0.39 is 17.8 Å². The fourth-order valence-corrected chi connectivity index (χ4v) is 2.52. The first-order valence-corrected chi connectivity index (χ1v) is 7.41. The molecule has 0 bridgehead atoms. The number of rotatable bonds is 4. The molecule has 1 aromatic heterocycles. The van der Waals surface area contributed by atoms with E-state index in [9.17, 15) is 14.4 Å². The Morgan fingerprint density at radius 3 is 2.67 bits per heavy atom. The molecule has 2 heterocycles. The highest BCUT2D eigenvalue weighted by molar-refractivity contribution is 6.21. The van der Waals surface area contributed by atoms with E-state index in [4.69, 9.17) is 4.42 Å². The van der Waals surface area contributed by atoms with E-state index in [1.165, 1.54) is 12.1 Å². The molecule has 1 aromatic carbocycles. The fourth-order valence-electron chi connectivity index (χ4n) is 2.52. The van der Waals surface area contributed by atoms with E-state index >= 15 is 0 Å². The number of benzene rings is 1. The normalized spacial score (nSPS) is 12.8. The first-order chi connectivity index (χ1) is 11.4. The first kappa shape index (κ1) is 15.7. The Kier molecular flexibility index (Phi) is 4.03. The average Bonchev–Trinajstić information content (AvgIpc) is 2.98. The predicted molar refractivity (Wildman–Crippen MR) is 84.9 cm³/mol. The van der Waals surface area contributed by atoms with Crippen LogP contribution in [0.15, 0.2) is 22.6 Å². The minimum atomic E-state index is -0.462. The minimum absolute atomic E-state index is 0.256. The van der Waals surface area contributed by atoms with E-state index in [1.54, 1.807) is 13.0 Å². The van der Waals surface area contributed by atoms with Gasteiger partial charge in [0.05, 0.1) is 16.8 Å². The Balaban J connectivity index is 1.56. The molecule has 0 saturated heterocycles. The summed E-state index contributed by atoms with van der Waals surface area (Å²) in [6.07, 6.45) is 0.553. The number of nitrogens with zero attached hydrogens (tertiary/aromatic N) is 1. The summed E-state index contributed by atoms with van der Waals surface area (Å²) in [4.78, 5) is 39.2. The third-order valence-corrected chi connectivity index (χ3v) is 3.64. The fraction of sp³-hybridized carbons (Fsp3) is 0.250. The molecule has 1 aliphatic heterocycles. The maximum absolute atomic E-state index is 11.9. The van der Waals surface area contributed by atoms with E-state index in [-0.39, 0.29) is 5.56 Å². The molecule has 4 amide bonds. The highest BCUT2D eigenvalue weighted by Crippen LogP contribution is 2.20. The van der Waals surface area contributed by atoms with Crippen LogP contribution >= 0.6 is 0 Å². The number of carbonyl (C=O) groups excluding carboxylic acids is 3. The van der Waals surface area contributed by atoms with Gasteiger partial charge in [-0.05, 0) is 25.1 Å². The molecule has 0 unspecified atom stereocenters. The van der Waals surface area contributed by atoms with Crippen molar-refractivity contribution in [2.45, 2.75) is 20.3 Å². The van der Waals surface area contributed by atoms with Gasteiger partial charge in [-0.2, -0.15) is 0 Å². The van der Waals surface area contributed by atoms with E-state index in [0.717, 1.165) is 11.5 Å². The van der Waals surface area contributed by atoms with Crippen LogP contribution in [0.1, 0.15) is 38.1 Å². The Labute approximate surface area is 137 Å². The number of anilines is 1. The van der Waals surface area contributed by atoms with Gasteiger partial charge in [0.15, 0.2) is 5.89 Å². The molecule has 0 aliphatic carbocycles. The zero-order valence-electron chi connectivity index (χ0n) is 13.2. The van der Waals surface area contributed by atoms with Crippen LogP contribution < -0.4 is 16.0 Å². The second kappa shape index (κ2) is 6.15. The van der Waals surface area contributed by atoms with Crippen LogP contribution in [0.25, 0.3) is 0 Å². The van der Waals surface area contributed by atoms with Crippen molar-refractivity contribution < 1.29 is 18.8 Å². The Bertz CT molecular complexity index is 841. The number of carbonyl (C=O) groups is 3. The number of fused-ring (bicyclic) bond motifs is 1. The van der Waals surface area contributed by atoms with Gasteiger partial charge in [0.25, 0.3) is 11.8 Å². The predicted octanol–water partition coefficient (Wildman–Crippen LogP) is 1.54. The van der Waals surface area contributed by atoms with E-state index in [1.807, 2.05) is 6.92 Å². The lowest BCUT2D eigenvalue weighted by Crippen LogP contribution is -2.30. The number of imide groups is 1. The molecule has 0 radical (unpaired) electrons. The van der Waals surface area contributed by atoms with Crippen molar-refractivity contribution >= 4 is 23.5 Å². The summed E-state index contributed by atoms with van der Waals surface area (Å²) in [7, 11) is 0. The SMILES string of the molecule is Cc1nc(CCNC(=O)Nc2ccc3c(c2)C(=O)NC3=O)c(C)o1. The van der Waals surface area contributed by atoms with E-state index in [0.29, 0.717) is 30.1 Å². The molecule has 0 saturated carbocycles. The summed E-state index contributed by atoms with van der Waals surface area (Å²) < 4.78 is 5.32. The molecule has 0 spiro atoms.